The van der Waals surface area contributed by atoms with Gasteiger partial charge in [-0.1, -0.05) is 19.3 Å². The molecule has 144 valence electrons. The van der Waals surface area contributed by atoms with Gasteiger partial charge in [0.15, 0.2) is 0 Å². The molecule has 28 heavy (non-hydrogen) atoms. The minimum atomic E-state index is -0.167. The monoisotopic (exact) mass is 395 g/mol. The number of carbonyl (C=O) groups is 1. The number of hydrogen-bond acceptors (Lipinski definition) is 7. The number of carbonyl (C=O) groups excluding carboxylic acids is 1. The van der Waals surface area contributed by atoms with E-state index in [2.05, 4.69) is 37.1 Å². The molecular formula is C19H21N7OS. The summed E-state index contributed by atoms with van der Waals surface area (Å²) in [5.74, 6) is 1.41. The molecule has 5 rings (SSSR count). The number of fused-ring (bicyclic) bond motifs is 2. The van der Waals surface area contributed by atoms with Crippen LogP contribution >= 0.6 is 11.3 Å². The lowest BCUT2D eigenvalue weighted by Crippen LogP contribution is -2.40. The van der Waals surface area contributed by atoms with Gasteiger partial charge in [-0.2, -0.15) is 5.10 Å². The van der Waals surface area contributed by atoms with Crippen molar-refractivity contribution < 1.29 is 4.79 Å². The van der Waals surface area contributed by atoms with E-state index in [0.29, 0.717) is 11.6 Å². The summed E-state index contributed by atoms with van der Waals surface area (Å²) in [5.41, 5.74) is 1.84. The fraction of sp³-hybridized carbons (Fsp3) is 0.368. The zero-order chi connectivity index (χ0) is 19.1. The molecule has 1 aliphatic carbocycles. The molecule has 3 aromatic heterocycles. The Kier molecular flexibility index (Phi) is 4.04. The minimum Gasteiger partial charge on any atom is -0.342 e. The van der Waals surface area contributed by atoms with Crippen LogP contribution < -0.4 is 16.0 Å². The second kappa shape index (κ2) is 6.59. The van der Waals surface area contributed by atoms with Crippen molar-refractivity contribution in [3.05, 3.63) is 41.3 Å². The average Bonchev–Trinajstić information content (AvgIpc) is 3.34. The van der Waals surface area contributed by atoms with E-state index in [-0.39, 0.29) is 11.4 Å². The summed E-state index contributed by atoms with van der Waals surface area (Å²) in [5, 5.41) is 14.9. The van der Waals surface area contributed by atoms with Crippen LogP contribution in [0.3, 0.4) is 0 Å². The van der Waals surface area contributed by atoms with E-state index in [1.165, 1.54) is 24.1 Å². The molecule has 0 unspecified atom stereocenters. The average molecular weight is 395 g/mol. The Bertz CT molecular complexity index is 1030. The molecule has 8 nitrogen and oxygen atoms in total. The third kappa shape index (κ3) is 3.01. The lowest BCUT2D eigenvalue weighted by atomic mass is 9.78. The number of aryl methyl sites for hydroxylation is 1. The molecule has 9 heteroatoms. The molecule has 1 saturated carbocycles. The van der Waals surface area contributed by atoms with E-state index in [4.69, 9.17) is 0 Å². The van der Waals surface area contributed by atoms with Crippen molar-refractivity contribution in [2.45, 2.75) is 37.6 Å². The summed E-state index contributed by atoms with van der Waals surface area (Å²) in [4.78, 5) is 21.9. The van der Waals surface area contributed by atoms with Crippen LogP contribution in [0.4, 0.5) is 22.3 Å². The molecule has 3 aromatic rings. The molecule has 0 bridgehead atoms. The zero-order valence-corrected chi connectivity index (χ0v) is 16.3. The van der Waals surface area contributed by atoms with Crippen molar-refractivity contribution in [2.24, 2.45) is 7.05 Å². The van der Waals surface area contributed by atoms with Gasteiger partial charge in [0, 0.05) is 24.9 Å². The normalized spacial score (nSPS) is 17.4. The van der Waals surface area contributed by atoms with Gasteiger partial charge in [0.1, 0.15) is 18.0 Å². The van der Waals surface area contributed by atoms with Gasteiger partial charge in [-0.05, 0) is 18.9 Å². The van der Waals surface area contributed by atoms with E-state index in [9.17, 15) is 4.79 Å². The standard InChI is InChI=1S/C19H21N7OS/c1-26-10-12(9-22-26)23-14-8-15(21-11-20-14)24-16-7-13-17(28-16)18(27)25-19(13)5-3-2-4-6-19/h7-11H,2-6H2,1H3,(H,25,27)(H2,20,21,23,24). The molecule has 1 spiro atoms. The number of hydrogen-bond donors (Lipinski definition) is 3. The first kappa shape index (κ1) is 17.2. The van der Waals surface area contributed by atoms with Crippen molar-refractivity contribution >= 4 is 39.6 Å². The predicted octanol–water partition coefficient (Wildman–Crippen LogP) is 3.66. The molecule has 0 atom stereocenters. The van der Waals surface area contributed by atoms with Crippen molar-refractivity contribution in [1.82, 2.24) is 25.1 Å². The largest absolute Gasteiger partial charge is 0.342 e. The predicted molar refractivity (Wildman–Crippen MR) is 108 cm³/mol. The minimum absolute atomic E-state index is 0.0524. The van der Waals surface area contributed by atoms with E-state index < -0.39 is 0 Å². The molecule has 4 heterocycles. The Morgan fingerprint density at radius 1 is 1.14 bits per heavy atom. The highest BCUT2D eigenvalue weighted by Crippen LogP contribution is 2.47. The number of aromatic nitrogens is 4. The van der Waals surface area contributed by atoms with Gasteiger partial charge < -0.3 is 16.0 Å². The van der Waals surface area contributed by atoms with Crippen LogP contribution in [-0.2, 0) is 12.6 Å². The van der Waals surface area contributed by atoms with Gasteiger partial charge in [0.2, 0.25) is 0 Å². The van der Waals surface area contributed by atoms with Crippen LogP contribution in [-0.4, -0.2) is 25.7 Å². The summed E-state index contributed by atoms with van der Waals surface area (Å²) in [6.45, 7) is 0. The summed E-state index contributed by atoms with van der Waals surface area (Å²) >= 11 is 1.49. The van der Waals surface area contributed by atoms with Gasteiger partial charge in [0.05, 0.1) is 27.3 Å². The number of nitrogens with one attached hydrogen (secondary N) is 3. The molecule has 1 fully saturated rings. The molecule has 0 aromatic carbocycles. The van der Waals surface area contributed by atoms with Crippen LogP contribution in [0.5, 0.6) is 0 Å². The Labute approximate surface area is 166 Å². The van der Waals surface area contributed by atoms with Gasteiger partial charge in [-0.15, -0.1) is 11.3 Å². The fourth-order valence-corrected chi connectivity index (χ4v) is 5.18. The first-order valence-corrected chi connectivity index (χ1v) is 10.2. The molecule has 0 saturated heterocycles. The van der Waals surface area contributed by atoms with Gasteiger partial charge in [0.25, 0.3) is 5.91 Å². The van der Waals surface area contributed by atoms with Crippen molar-refractivity contribution in [1.29, 1.82) is 0 Å². The quantitative estimate of drug-likeness (QED) is 0.624. The maximum Gasteiger partial charge on any atom is 0.262 e. The van der Waals surface area contributed by atoms with Crippen molar-refractivity contribution in [2.75, 3.05) is 10.6 Å². The van der Waals surface area contributed by atoms with E-state index >= 15 is 0 Å². The Morgan fingerprint density at radius 3 is 2.68 bits per heavy atom. The molecule has 2 aliphatic rings. The maximum absolute atomic E-state index is 12.5. The van der Waals surface area contributed by atoms with Gasteiger partial charge in [-0.25, -0.2) is 9.97 Å². The first-order chi connectivity index (χ1) is 13.6. The summed E-state index contributed by atoms with van der Waals surface area (Å²) in [6.07, 6.45) is 10.7. The molecular weight excluding hydrogens is 374 g/mol. The SMILES string of the molecule is Cn1cc(Nc2cc(Nc3cc4c(s3)C(=O)NC43CCCCC3)ncn2)cn1. The highest BCUT2D eigenvalue weighted by Gasteiger charge is 2.44. The van der Waals surface area contributed by atoms with Crippen molar-refractivity contribution in [3.8, 4) is 0 Å². The zero-order valence-electron chi connectivity index (χ0n) is 15.5. The third-order valence-electron chi connectivity index (χ3n) is 5.41. The first-order valence-electron chi connectivity index (χ1n) is 9.43. The fourth-order valence-electron chi connectivity index (χ4n) is 4.12. The highest BCUT2D eigenvalue weighted by atomic mass is 32.1. The van der Waals surface area contributed by atoms with Crippen LogP contribution in [0.2, 0.25) is 0 Å². The van der Waals surface area contributed by atoms with Gasteiger partial charge >= 0.3 is 0 Å². The smallest absolute Gasteiger partial charge is 0.262 e. The lowest BCUT2D eigenvalue weighted by Gasteiger charge is -2.33. The van der Waals surface area contributed by atoms with E-state index in [0.717, 1.165) is 46.8 Å². The Hall–Kier alpha value is -2.94. The second-order valence-electron chi connectivity index (χ2n) is 7.39. The lowest BCUT2D eigenvalue weighted by molar-refractivity contribution is 0.0912. The molecule has 0 radical (unpaired) electrons. The molecule has 3 N–H and O–H groups in total. The third-order valence-corrected chi connectivity index (χ3v) is 6.46. The Balaban J connectivity index is 1.37. The van der Waals surface area contributed by atoms with Gasteiger partial charge in [-0.3, -0.25) is 9.48 Å². The number of nitrogens with zero attached hydrogens (tertiary/aromatic N) is 4. The second-order valence-corrected chi connectivity index (χ2v) is 8.44. The summed E-state index contributed by atoms with van der Waals surface area (Å²) < 4.78 is 1.72. The number of amides is 1. The summed E-state index contributed by atoms with van der Waals surface area (Å²) in [6, 6.07) is 3.95. The maximum atomic E-state index is 12.5. The van der Waals surface area contributed by atoms with Crippen LogP contribution in [0.1, 0.15) is 47.3 Å². The highest BCUT2D eigenvalue weighted by molar-refractivity contribution is 7.18. The Morgan fingerprint density at radius 2 is 1.93 bits per heavy atom. The van der Waals surface area contributed by atoms with Crippen LogP contribution in [0.15, 0.2) is 30.9 Å². The van der Waals surface area contributed by atoms with E-state index in [1.54, 1.807) is 10.9 Å². The van der Waals surface area contributed by atoms with Crippen LogP contribution in [0.25, 0.3) is 0 Å². The number of thiophene rings is 1. The summed E-state index contributed by atoms with van der Waals surface area (Å²) in [7, 11) is 1.86. The number of rotatable bonds is 4. The van der Waals surface area contributed by atoms with E-state index in [1.807, 2.05) is 19.3 Å². The van der Waals surface area contributed by atoms with Crippen LogP contribution in [0, 0.1) is 0 Å². The topological polar surface area (TPSA) is 96.8 Å². The molecule has 1 aliphatic heterocycles. The molecule has 1 amide bonds. The van der Waals surface area contributed by atoms with Crippen molar-refractivity contribution in [3.63, 3.8) is 0 Å². The number of anilines is 4.